The van der Waals surface area contributed by atoms with E-state index in [-0.39, 0.29) is 17.8 Å². The fourth-order valence-corrected chi connectivity index (χ4v) is 1.92. The second kappa shape index (κ2) is 4.41. The normalized spacial score (nSPS) is 34.8. The maximum absolute atomic E-state index is 11.4. The molecule has 0 spiro atoms. The number of carbonyl (C=O) groups excluding carboxylic acids is 2. The van der Waals surface area contributed by atoms with Crippen LogP contribution in [0.5, 0.6) is 0 Å². The smallest absolute Gasteiger partial charge is 0.164 e. The Hall–Kier alpha value is -0.740. The summed E-state index contributed by atoms with van der Waals surface area (Å²) < 4.78 is 11.1. The van der Waals surface area contributed by atoms with Gasteiger partial charge in [-0.15, -0.1) is 0 Å². The van der Waals surface area contributed by atoms with Gasteiger partial charge < -0.3 is 14.3 Å². The lowest BCUT2D eigenvalue weighted by molar-refractivity contribution is -0.310. The van der Waals surface area contributed by atoms with Crippen molar-refractivity contribution in [3.63, 3.8) is 0 Å². The van der Waals surface area contributed by atoms with Crippen LogP contribution in [-0.4, -0.2) is 30.1 Å². The van der Waals surface area contributed by atoms with Crippen LogP contribution in [0.3, 0.4) is 0 Å². The molecule has 0 aromatic carbocycles. The molecular weight excluding hydrogens is 196 g/mol. The summed E-state index contributed by atoms with van der Waals surface area (Å²) in [5, 5.41) is 0. The highest BCUT2D eigenvalue weighted by Crippen LogP contribution is 2.32. The fourth-order valence-electron chi connectivity index (χ4n) is 1.92. The third kappa shape index (κ3) is 2.86. The molecular formula is C11H18O4. The summed E-state index contributed by atoms with van der Waals surface area (Å²) in [5.74, 6) is -0.897. The number of Topliss-reactive ketones (excluding diaryl/α,β-unsaturated/α-hetero) is 1. The first kappa shape index (κ1) is 12.3. The Morgan fingerprint density at radius 1 is 1.40 bits per heavy atom. The summed E-state index contributed by atoms with van der Waals surface area (Å²) in [6, 6.07) is 0. The molecule has 0 unspecified atom stereocenters. The van der Waals surface area contributed by atoms with Gasteiger partial charge in [0.25, 0.3) is 0 Å². The van der Waals surface area contributed by atoms with Gasteiger partial charge in [0.1, 0.15) is 12.4 Å². The molecule has 0 aromatic rings. The molecule has 15 heavy (non-hydrogen) atoms. The maximum Gasteiger partial charge on any atom is 0.164 e. The maximum atomic E-state index is 11.4. The zero-order valence-corrected chi connectivity index (χ0v) is 9.65. The van der Waals surface area contributed by atoms with Crippen LogP contribution in [0, 0.1) is 5.92 Å². The molecule has 0 bridgehead atoms. The van der Waals surface area contributed by atoms with E-state index < -0.39 is 11.9 Å². The first-order chi connectivity index (χ1) is 6.87. The van der Waals surface area contributed by atoms with Crippen molar-refractivity contribution in [1.82, 2.24) is 0 Å². The van der Waals surface area contributed by atoms with E-state index >= 15 is 0 Å². The molecule has 0 radical (unpaired) electrons. The number of ketones is 1. The Labute approximate surface area is 89.9 Å². The Morgan fingerprint density at radius 3 is 2.47 bits per heavy atom. The summed E-state index contributed by atoms with van der Waals surface area (Å²) in [4.78, 5) is 21.9. The molecule has 0 N–H and O–H groups in total. The summed E-state index contributed by atoms with van der Waals surface area (Å²) in [7, 11) is 0. The molecule has 4 nitrogen and oxygen atoms in total. The fraction of sp³-hybridized carbons (Fsp3) is 0.818. The molecule has 1 aliphatic rings. The zero-order chi connectivity index (χ0) is 11.6. The molecule has 86 valence electrons. The van der Waals surface area contributed by atoms with E-state index in [4.69, 9.17) is 9.47 Å². The summed E-state index contributed by atoms with van der Waals surface area (Å²) in [6.45, 7) is 6.88. The lowest BCUT2D eigenvalue weighted by Crippen LogP contribution is -2.52. The topological polar surface area (TPSA) is 52.6 Å². The average Bonchev–Trinajstić information content (AvgIpc) is 2.10. The van der Waals surface area contributed by atoms with Crippen LogP contribution in [-0.2, 0) is 19.1 Å². The third-order valence-corrected chi connectivity index (χ3v) is 2.64. The number of aldehydes is 1. The van der Waals surface area contributed by atoms with Crippen molar-refractivity contribution in [2.24, 2.45) is 5.92 Å². The SMILES string of the molecule is CC(=O)[C@@H]1OC(C)(C)O[C@@H](CC=O)[C@@H]1C. The van der Waals surface area contributed by atoms with E-state index in [1.54, 1.807) is 13.8 Å². The average molecular weight is 214 g/mol. The van der Waals surface area contributed by atoms with E-state index in [1.807, 2.05) is 6.92 Å². The van der Waals surface area contributed by atoms with E-state index in [0.29, 0.717) is 6.42 Å². The first-order valence-corrected chi connectivity index (χ1v) is 5.17. The van der Waals surface area contributed by atoms with Crippen LogP contribution in [0.25, 0.3) is 0 Å². The monoisotopic (exact) mass is 214 g/mol. The number of hydrogen-bond acceptors (Lipinski definition) is 4. The number of hydrogen-bond donors (Lipinski definition) is 0. The molecule has 1 aliphatic heterocycles. The van der Waals surface area contributed by atoms with Gasteiger partial charge in [-0.3, -0.25) is 4.79 Å². The molecule has 4 heteroatoms. The molecule has 1 rings (SSSR count). The van der Waals surface area contributed by atoms with E-state index in [0.717, 1.165) is 6.29 Å². The van der Waals surface area contributed by atoms with Crippen LogP contribution < -0.4 is 0 Å². The molecule has 0 saturated carbocycles. The van der Waals surface area contributed by atoms with Crippen molar-refractivity contribution in [3.05, 3.63) is 0 Å². The van der Waals surface area contributed by atoms with Crippen molar-refractivity contribution in [3.8, 4) is 0 Å². The van der Waals surface area contributed by atoms with Gasteiger partial charge >= 0.3 is 0 Å². The summed E-state index contributed by atoms with van der Waals surface area (Å²) >= 11 is 0. The van der Waals surface area contributed by atoms with Gasteiger partial charge in [0.15, 0.2) is 11.6 Å². The van der Waals surface area contributed by atoms with Gasteiger partial charge in [-0.2, -0.15) is 0 Å². The van der Waals surface area contributed by atoms with Gasteiger partial charge in [0, 0.05) is 12.3 Å². The first-order valence-electron chi connectivity index (χ1n) is 5.17. The van der Waals surface area contributed by atoms with Crippen LogP contribution >= 0.6 is 0 Å². The zero-order valence-electron chi connectivity index (χ0n) is 9.65. The molecule has 0 amide bonds. The Balaban J connectivity index is 2.83. The second-order valence-electron chi connectivity index (χ2n) is 4.47. The molecule has 0 aliphatic carbocycles. The van der Waals surface area contributed by atoms with Gasteiger partial charge in [-0.05, 0) is 20.8 Å². The van der Waals surface area contributed by atoms with Crippen LogP contribution in [0.4, 0.5) is 0 Å². The van der Waals surface area contributed by atoms with Crippen LogP contribution in [0.15, 0.2) is 0 Å². The summed E-state index contributed by atoms with van der Waals surface area (Å²) in [5.41, 5.74) is 0. The number of ether oxygens (including phenoxy) is 2. The van der Waals surface area contributed by atoms with Gasteiger partial charge in [-0.1, -0.05) is 6.92 Å². The molecule has 1 saturated heterocycles. The van der Waals surface area contributed by atoms with Gasteiger partial charge in [0.2, 0.25) is 0 Å². The minimum atomic E-state index is -0.795. The standard InChI is InChI=1S/C11H18O4/c1-7-9(5-6-12)14-11(3,4)15-10(7)8(2)13/h6-7,9-10H,5H2,1-4H3/t7-,9-,10+/m0/s1. The molecule has 1 heterocycles. The highest BCUT2D eigenvalue weighted by molar-refractivity contribution is 5.81. The van der Waals surface area contributed by atoms with E-state index in [1.165, 1.54) is 6.92 Å². The van der Waals surface area contributed by atoms with Crippen molar-refractivity contribution in [2.45, 2.75) is 52.1 Å². The highest BCUT2D eigenvalue weighted by atomic mass is 16.7. The molecule has 1 fully saturated rings. The second-order valence-corrected chi connectivity index (χ2v) is 4.47. The van der Waals surface area contributed by atoms with Crippen molar-refractivity contribution in [2.75, 3.05) is 0 Å². The highest BCUT2D eigenvalue weighted by Gasteiger charge is 2.42. The minimum Gasteiger partial charge on any atom is -0.346 e. The lowest BCUT2D eigenvalue weighted by atomic mass is 9.91. The number of rotatable bonds is 3. The van der Waals surface area contributed by atoms with Crippen LogP contribution in [0.2, 0.25) is 0 Å². The third-order valence-electron chi connectivity index (χ3n) is 2.64. The van der Waals surface area contributed by atoms with Crippen molar-refractivity contribution in [1.29, 1.82) is 0 Å². The predicted molar refractivity (Wildman–Crippen MR) is 54.4 cm³/mol. The largest absolute Gasteiger partial charge is 0.346 e. The van der Waals surface area contributed by atoms with Crippen molar-refractivity contribution >= 4 is 12.1 Å². The van der Waals surface area contributed by atoms with E-state index in [9.17, 15) is 9.59 Å². The Bertz CT molecular complexity index is 259. The number of carbonyl (C=O) groups is 2. The molecule has 3 atom stereocenters. The van der Waals surface area contributed by atoms with Crippen LogP contribution in [0.1, 0.15) is 34.1 Å². The van der Waals surface area contributed by atoms with E-state index in [2.05, 4.69) is 0 Å². The van der Waals surface area contributed by atoms with Gasteiger partial charge in [0.05, 0.1) is 6.10 Å². The predicted octanol–water partition coefficient (Wildman–Crippen LogP) is 1.32. The Kier molecular flexibility index (Phi) is 3.62. The summed E-state index contributed by atoms with van der Waals surface area (Å²) in [6.07, 6.45) is 0.413. The van der Waals surface area contributed by atoms with Gasteiger partial charge in [-0.25, -0.2) is 0 Å². The lowest BCUT2D eigenvalue weighted by Gasteiger charge is -2.43. The molecule has 0 aromatic heterocycles. The Morgan fingerprint density at radius 2 is 2.00 bits per heavy atom. The minimum absolute atomic E-state index is 0.0187. The quantitative estimate of drug-likeness (QED) is 0.665. The van der Waals surface area contributed by atoms with Crippen molar-refractivity contribution < 1.29 is 19.1 Å².